The van der Waals surface area contributed by atoms with E-state index in [2.05, 4.69) is 10.6 Å². The van der Waals surface area contributed by atoms with E-state index < -0.39 is 24.9 Å². The predicted molar refractivity (Wildman–Crippen MR) is 84.0 cm³/mol. The first-order valence-corrected chi connectivity index (χ1v) is 7.44. The van der Waals surface area contributed by atoms with E-state index in [4.69, 9.17) is 11.6 Å². The molecule has 0 spiro atoms. The van der Waals surface area contributed by atoms with Crippen LogP contribution in [0.5, 0.6) is 0 Å². The van der Waals surface area contributed by atoms with Crippen molar-refractivity contribution in [2.45, 2.75) is 36.6 Å². The number of nitrogens with one attached hydrogen (secondary N) is 2. The van der Waals surface area contributed by atoms with Crippen LogP contribution in [0, 0.1) is 0 Å². The molecule has 7 heteroatoms. The van der Waals surface area contributed by atoms with E-state index in [0.29, 0.717) is 11.6 Å². The van der Waals surface area contributed by atoms with Gasteiger partial charge in [-0.3, -0.25) is 10.1 Å². The zero-order valence-electron chi connectivity index (χ0n) is 11.9. The first-order chi connectivity index (χ1) is 9.92. The normalized spacial score (nSPS) is 24.4. The van der Waals surface area contributed by atoms with Gasteiger partial charge in [0.15, 0.2) is 0 Å². The standard InChI is InChI=1S/C15H17ClF2N2O.ClH/c16-11-4-2-1-3-10(11)14(5-6-14)8-20-13(21)12-7-15(17,18)9-19-12;/h1-4,12,19H,5-9H2,(H,20,21);1H. The van der Waals surface area contributed by atoms with Crippen molar-refractivity contribution >= 4 is 29.9 Å². The molecule has 1 saturated heterocycles. The Kier molecular flexibility index (Phi) is 5.00. The molecule has 1 amide bonds. The van der Waals surface area contributed by atoms with Crippen molar-refractivity contribution in [2.24, 2.45) is 0 Å². The number of hydrogen-bond acceptors (Lipinski definition) is 2. The van der Waals surface area contributed by atoms with Crippen LogP contribution in [0.2, 0.25) is 5.02 Å². The van der Waals surface area contributed by atoms with Gasteiger partial charge >= 0.3 is 0 Å². The fourth-order valence-electron chi connectivity index (χ4n) is 2.86. The molecule has 1 aromatic rings. The van der Waals surface area contributed by atoms with Gasteiger partial charge in [0.25, 0.3) is 5.92 Å². The van der Waals surface area contributed by atoms with Crippen molar-refractivity contribution in [1.29, 1.82) is 0 Å². The highest BCUT2D eigenvalue weighted by Crippen LogP contribution is 2.49. The Morgan fingerprint density at radius 2 is 2.05 bits per heavy atom. The van der Waals surface area contributed by atoms with Crippen LogP contribution in [-0.2, 0) is 10.2 Å². The number of carbonyl (C=O) groups is 1. The summed E-state index contributed by atoms with van der Waals surface area (Å²) in [6.45, 7) is 0.0139. The first-order valence-electron chi connectivity index (χ1n) is 7.06. The molecule has 0 radical (unpaired) electrons. The molecule has 2 fully saturated rings. The predicted octanol–water partition coefficient (Wildman–Crippen LogP) is 2.91. The Labute approximate surface area is 139 Å². The smallest absolute Gasteiger partial charge is 0.262 e. The summed E-state index contributed by atoms with van der Waals surface area (Å²) in [5.41, 5.74) is 0.895. The van der Waals surface area contributed by atoms with E-state index >= 15 is 0 Å². The van der Waals surface area contributed by atoms with Crippen molar-refractivity contribution in [3.05, 3.63) is 34.9 Å². The lowest BCUT2D eigenvalue weighted by molar-refractivity contribution is -0.123. The Hall–Kier alpha value is -0.910. The van der Waals surface area contributed by atoms with Crippen molar-refractivity contribution < 1.29 is 13.6 Å². The van der Waals surface area contributed by atoms with Gasteiger partial charge in [-0.05, 0) is 24.5 Å². The van der Waals surface area contributed by atoms with Crippen LogP contribution in [0.25, 0.3) is 0 Å². The fourth-order valence-corrected chi connectivity index (χ4v) is 3.20. The lowest BCUT2D eigenvalue weighted by Crippen LogP contribution is -2.43. The van der Waals surface area contributed by atoms with E-state index in [9.17, 15) is 13.6 Å². The number of halogens is 4. The molecule has 2 aliphatic rings. The molecule has 0 bridgehead atoms. The maximum Gasteiger partial charge on any atom is 0.262 e. The van der Waals surface area contributed by atoms with E-state index in [0.717, 1.165) is 18.4 Å². The van der Waals surface area contributed by atoms with Gasteiger partial charge in [0.05, 0.1) is 12.6 Å². The third-order valence-electron chi connectivity index (χ3n) is 4.33. The Balaban J connectivity index is 0.00000176. The zero-order valence-corrected chi connectivity index (χ0v) is 13.4. The molecule has 2 N–H and O–H groups in total. The first kappa shape index (κ1) is 17.4. The third kappa shape index (κ3) is 3.53. The molecule has 0 aromatic heterocycles. The number of amides is 1. The second kappa shape index (κ2) is 6.30. The molecular weight excluding hydrogens is 333 g/mol. The highest BCUT2D eigenvalue weighted by molar-refractivity contribution is 6.31. The van der Waals surface area contributed by atoms with Gasteiger partial charge in [0, 0.05) is 23.4 Å². The minimum Gasteiger partial charge on any atom is -0.354 e. The molecule has 1 heterocycles. The van der Waals surface area contributed by atoms with Crippen molar-refractivity contribution in [3.8, 4) is 0 Å². The molecule has 1 aliphatic heterocycles. The lowest BCUT2D eigenvalue weighted by Gasteiger charge is -2.19. The Morgan fingerprint density at radius 1 is 1.36 bits per heavy atom. The minimum atomic E-state index is -2.79. The Morgan fingerprint density at radius 3 is 2.59 bits per heavy atom. The molecule has 3 nitrogen and oxygen atoms in total. The van der Waals surface area contributed by atoms with E-state index in [1.54, 1.807) is 0 Å². The number of rotatable bonds is 4. The Bertz CT molecular complexity index is 564. The second-order valence-corrected chi connectivity index (χ2v) is 6.38. The highest BCUT2D eigenvalue weighted by Gasteiger charge is 2.47. The van der Waals surface area contributed by atoms with Crippen LogP contribution in [0.15, 0.2) is 24.3 Å². The molecule has 1 unspecified atom stereocenters. The molecule has 1 saturated carbocycles. The van der Waals surface area contributed by atoms with Gasteiger partial charge in [-0.2, -0.15) is 0 Å². The zero-order chi connectivity index (χ0) is 15.1. The molecule has 1 aromatic carbocycles. The van der Waals surface area contributed by atoms with Gasteiger partial charge in [0.1, 0.15) is 0 Å². The van der Waals surface area contributed by atoms with E-state index in [1.165, 1.54) is 0 Å². The van der Waals surface area contributed by atoms with Gasteiger partial charge in [-0.1, -0.05) is 29.8 Å². The SMILES string of the molecule is Cl.O=C(NCC1(c2ccccc2Cl)CC1)C1CC(F)(F)CN1. The number of hydrogen-bond donors (Lipinski definition) is 2. The summed E-state index contributed by atoms with van der Waals surface area (Å²) < 4.78 is 26.2. The van der Waals surface area contributed by atoms with Crippen LogP contribution >= 0.6 is 24.0 Å². The second-order valence-electron chi connectivity index (χ2n) is 5.97. The molecular formula is C15H18Cl2F2N2O. The molecule has 3 rings (SSSR count). The van der Waals surface area contributed by atoms with Crippen LogP contribution in [0.3, 0.4) is 0 Å². The summed E-state index contributed by atoms with van der Waals surface area (Å²) in [5, 5.41) is 6.05. The number of alkyl halides is 2. The number of benzene rings is 1. The van der Waals surface area contributed by atoms with Crippen molar-refractivity contribution in [3.63, 3.8) is 0 Å². The van der Waals surface area contributed by atoms with Gasteiger partial charge < -0.3 is 5.32 Å². The summed E-state index contributed by atoms with van der Waals surface area (Å²) in [6.07, 6.45) is 1.47. The van der Waals surface area contributed by atoms with Gasteiger partial charge in [0.2, 0.25) is 5.91 Å². The maximum absolute atomic E-state index is 13.1. The summed E-state index contributed by atoms with van der Waals surface area (Å²) in [6, 6.07) is 6.77. The minimum absolute atomic E-state index is 0. The fraction of sp³-hybridized carbons (Fsp3) is 0.533. The quantitative estimate of drug-likeness (QED) is 0.876. The highest BCUT2D eigenvalue weighted by atomic mass is 35.5. The average Bonchev–Trinajstić information content (AvgIpc) is 3.14. The van der Waals surface area contributed by atoms with Crippen LogP contribution in [0.4, 0.5) is 8.78 Å². The molecule has 1 aliphatic carbocycles. The average molecular weight is 351 g/mol. The van der Waals surface area contributed by atoms with Crippen LogP contribution in [-0.4, -0.2) is 31.0 Å². The summed E-state index contributed by atoms with van der Waals surface area (Å²) >= 11 is 6.20. The molecule has 1 atom stereocenters. The van der Waals surface area contributed by atoms with Crippen molar-refractivity contribution in [2.75, 3.05) is 13.1 Å². The van der Waals surface area contributed by atoms with Crippen LogP contribution < -0.4 is 10.6 Å². The third-order valence-corrected chi connectivity index (χ3v) is 4.66. The van der Waals surface area contributed by atoms with Gasteiger partial charge in [-0.15, -0.1) is 12.4 Å². The topological polar surface area (TPSA) is 41.1 Å². The van der Waals surface area contributed by atoms with Crippen molar-refractivity contribution in [1.82, 2.24) is 10.6 Å². The summed E-state index contributed by atoms with van der Waals surface area (Å²) in [4.78, 5) is 12.0. The number of carbonyl (C=O) groups excluding carboxylic acids is 1. The maximum atomic E-state index is 13.1. The monoisotopic (exact) mass is 350 g/mol. The summed E-state index contributed by atoms with van der Waals surface area (Å²) in [7, 11) is 0. The van der Waals surface area contributed by atoms with Gasteiger partial charge in [-0.25, -0.2) is 8.78 Å². The van der Waals surface area contributed by atoms with E-state index in [1.807, 2.05) is 24.3 Å². The largest absolute Gasteiger partial charge is 0.354 e. The molecule has 22 heavy (non-hydrogen) atoms. The van der Waals surface area contributed by atoms with E-state index in [-0.39, 0.29) is 23.7 Å². The lowest BCUT2D eigenvalue weighted by atomic mass is 9.95. The summed E-state index contributed by atoms with van der Waals surface area (Å²) in [5.74, 6) is -3.15. The van der Waals surface area contributed by atoms with Crippen LogP contribution in [0.1, 0.15) is 24.8 Å². The molecule has 122 valence electrons.